The highest BCUT2D eigenvalue weighted by Crippen LogP contribution is 2.33. The number of hydrogen-bond acceptors (Lipinski definition) is 6. The summed E-state index contributed by atoms with van der Waals surface area (Å²) in [4.78, 5) is 3.81. The molecule has 1 N–H and O–H groups in total. The average Bonchev–Trinajstić information content (AvgIpc) is 3.14. The van der Waals surface area contributed by atoms with E-state index in [-0.39, 0.29) is 22.6 Å². The minimum absolute atomic E-state index is 0.0192. The molecule has 30 heavy (non-hydrogen) atoms. The van der Waals surface area contributed by atoms with Gasteiger partial charge in [0.25, 0.3) is 0 Å². The van der Waals surface area contributed by atoms with Gasteiger partial charge in [0.15, 0.2) is 9.84 Å². The molecular formula is C18H22ClF3N4O2S2. The zero-order chi connectivity index (χ0) is 22.1. The first-order valence-electron chi connectivity index (χ1n) is 9.29. The molecule has 0 bridgehead atoms. The molecule has 0 aliphatic carbocycles. The predicted octanol–water partition coefficient (Wildman–Crippen LogP) is 3.81. The molecule has 1 aliphatic heterocycles. The topological polar surface area (TPSA) is 76.9 Å². The number of pyridine rings is 1. The molecule has 0 aromatic carbocycles. The molecule has 1 aliphatic rings. The van der Waals surface area contributed by atoms with Crippen molar-refractivity contribution in [2.75, 3.05) is 23.8 Å². The molecule has 0 spiro atoms. The molecule has 6 nitrogen and oxygen atoms in total. The summed E-state index contributed by atoms with van der Waals surface area (Å²) >= 11 is 7.19. The molecule has 1 fully saturated rings. The predicted molar refractivity (Wildman–Crippen MR) is 111 cm³/mol. The zero-order valence-electron chi connectivity index (χ0n) is 16.5. The Morgan fingerprint density at radius 2 is 2.10 bits per heavy atom. The molecule has 0 unspecified atom stereocenters. The SMILES string of the molecule is Cc1nn([C@H]2CCS(=O)(=O)C2)c(C)c1CNCCSc1ncc(C(F)(F)F)cc1Cl. The average molecular weight is 483 g/mol. The minimum atomic E-state index is -4.47. The first-order valence-corrected chi connectivity index (χ1v) is 12.5. The number of aromatic nitrogens is 3. The molecule has 2 aromatic rings. The molecular weight excluding hydrogens is 461 g/mol. The zero-order valence-corrected chi connectivity index (χ0v) is 18.9. The number of sulfone groups is 1. The van der Waals surface area contributed by atoms with Crippen LogP contribution in [0.3, 0.4) is 0 Å². The maximum atomic E-state index is 12.7. The lowest BCUT2D eigenvalue weighted by Crippen LogP contribution is -2.18. The van der Waals surface area contributed by atoms with E-state index >= 15 is 0 Å². The molecule has 3 rings (SSSR count). The number of nitrogens with one attached hydrogen (secondary N) is 1. The van der Waals surface area contributed by atoms with Gasteiger partial charge in [-0.05, 0) is 26.3 Å². The van der Waals surface area contributed by atoms with Crippen molar-refractivity contribution >= 4 is 33.2 Å². The van der Waals surface area contributed by atoms with Gasteiger partial charge in [0.05, 0.1) is 33.8 Å². The minimum Gasteiger partial charge on any atom is -0.312 e. The highest BCUT2D eigenvalue weighted by atomic mass is 35.5. The van der Waals surface area contributed by atoms with E-state index in [0.717, 1.165) is 29.2 Å². The Kier molecular flexibility index (Phi) is 7.05. The van der Waals surface area contributed by atoms with E-state index in [0.29, 0.717) is 30.3 Å². The highest BCUT2D eigenvalue weighted by Gasteiger charge is 2.32. The first kappa shape index (κ1) is 23.4. The molecule has 2 aromatic heterocycles. The summed E-state index contributed by atoms with van der Waals surface area (Å²) in [6.07, 6.45) is -3.11. The van der Waals surface area contributed by atoms with E-state index in [1.807, 2.05) is 18.5 Å². The molecule has 12 heteroatoms. The Labute approximate surface area is 182 Å². The summed E-state index contributed by atoms with van der Waals surface area (Å²) in [5.74, 6) is 0.895. The molecule has 3 heterocycles. The van der Waals surface area contributed by atoms with Crippen LogP contribution >= 0.6 is 23.4 Å². The molecule has 0 saturated carbocycles. The number of rotatable bonds is 7. The van der Waals surface area contributed by atoms with Gasteiger partial charge in [0.2, 0.25) is 0 Å². The summed E-state index contributed by atoms with van der Waals surface area (Å²) in [7, 11) is -2.99. The lowest BCUT2D eigenvalue weighted by molar-refractivity contribution is -0.137. The maximum Gasteiger partial charge on any atom is 0.417 e. The Morgan fingerprint density at radius 3 is 2.70 bits per heavy atom. The summed E-state index contributed by atoms with van der Waals surface area (Å²) in [5.41, 5.74) is 1.95. The number of halogens is 4. The fourth-order valence-corrected chi connectivity index (χ4v) is 6.18. The van der Waals surface area contributed by atoms with E-state index in [2.05, 4.69) is 15.4 Å². The van der Waals surface area contributed by atoms with Crippen LogP contribution in [0.25, 0.3) is 0 Å². The van der Waals surface area contributed by atoms with Gasteiger partial charge in [-0.1, -0.05) is 11.6 Å². The second-order valence-corrected chi connectivity index (χ2v) is 10.9. The van der Waals surface area contributed by atoms with Crippen LogP contribution < -0.4 is 5.32 Å². The summed E-state index contributed by atoms with van der Waals surface area (Å²) in [5, 5.41) is 8.15. The number of alkyl halides is 3. The van der Waals surface area contributed by atoms with Crippen LogP contribution in [-0.4, -0.2) is 47.0 Å². The standard InChI is InChI=1S/C18H22ClF3N4O2S2/c1-11-15(12(2)26(25-11)14-3-6-30(27,28)10-14)9-23-4-5-29-17-16(19)7-13(8-24-17)18(20,21)22/h7-8,14,23H,3-6,9-10H2,1-2H3/t14-/m0/s1. The van der Waals surface area contributed by atoms with Crippen molar-refractivity contribution in [1.29, 1.82) is 0 Å². The van der Waals surface area contributed by atoms with E-state index in [1.165, 1.54) is 11.8 Å². The van der Waals surface area contributed by atoms with Gasteiger partial charge in [0, 0.05) is 36.3 Å². The number of nitrogens with zero attached hydrogens (tertiary/aromatic N) is 3. The fraction of sp³-hybridized carbons (Fsp3) is 0.556. The van der Waals surface area contributed by atoms with Crippen LogP contribution in [0, 0.1) is 13.8 Å². The molecule has 0 amide bonds. The number of aryl methyl sites for hydroxylation is 1. The maximum absolute atomic E-state index is 12.7. The quantitative estimate of drug-likeness (QED) is 0.477. The first-order chi connectivity index (χ1) is 14.0. The van der Waals surface area contributed by atoms with Gasteiger partial charge in [-0.25, -0.2) is 13.4 Å². The van der Waals surface area contributed by atoms with Gasteiger partial charge in [-0.2, -0.15) is 18.3 Å². The lowest BCUT2D eigenvalue weighted by atomic mass is 10.2. The van der Waals surface area contributed by atoms with Crippen molar-refractivity contribution in [3.63, 3.8) is 0 Å². The fourth-order valence-electron chi connectivity index (χ4n) is 3.40. The van der Waals surface area contributed by atoms with E-state index in [1.54, 1.807) is 0 Å². The van der Waals surface area contributed by atoms with Gasteiger partial charge in [-0.3, -0.25) is 4.68 Å². The van der Waals surface area contributed by atoms with Gasteiger partial charge >= 0.3 is 6.18 Å². The normalized spacial score (nSPS) is 18.8. The largest absolute Gasteiger partial charge is 0.417 e. The van der Waals surface area contributed by atoms with Gasteiger partial charge < -0.3 is 5.32 Å². The molecule has 0 radical (unpaired) electrons. The van der Waals surface area contributed by atoms with Crippen molar-refractivity contribution in [2.24, 2.45) is 0 Å². The Bertz CT molecular complexity index is 1030. The lowest BCUT2D eigenvalue weighted by Gasteiger charge is -2.12. The smallest absolute Gasteiger partial charge is 0.312 e. The van der Waals surface area contributed by atoms with Crippen molar-refractivity contribution in [1.82, 2.24) is 20.1 Å². The molecule has 1 saturated heterocycles. The van der Waals surface area contributed by atoms with Crippen molar-refractivity contribution in [2.45, 2.75) is 44.1 Å². The summed E-state index contributed by atoms with van der Waals surface area (Å²) in [6, 6.07) is 0.764. The Balaban J connectivity index is 1.52. The van der Waals surface area contributed by atoms with Crippen molar-refractivity contribution in [3.05, 3.63) is 39.8 Å². The third-order valence-electron chi connectivity index (χ3n) is 4.98. The Morgan fingerprint density at radius 1 is 1.37 bits per heavy atom. The van der Waals surface area contributed by atoms with E-state index in [9.17, 15) is 21.6 Å². The molecule has 1 atom stereocenters. The summed E-state index contributed by atoms with van der Waals surface area (Å²) < 4.78 is 63.3. The van der Waals surface area contributed by atoms with E-state index < -0.39 is 21.6 Å². The van der Waals surface area contributed by atoms with Crippen LogP contribution in [0.1, 0.15) is 35.0 Å². The Hall–Kier alpha value is -1.30. The van der Waals surface area contributed by atoms with Crippen LogP contribution in [0.4, 0.5) is 13.2 Å². The van der Waals surface area contributed by atoms with Gasteiger partial charge in [-0.15, -0.1) is 11.8 Å². The monoisotopic (exact) mass is 482 g/mol. The van der Waals surface area contributed by atoms with Crippen LogP contribution in [0.15, 0.2) is 17.3 Å². The molecule has 166 valence electrons. The third-order valence-corrected chi connectivity index (χ3v) is 8.14. The second kappa shape index (κ2) is 9.05. The third kappa shape index (κ3) is 5.49. The van der Waals surface area contributed by atoms with Crippen molar-refractivity contribution < 1.29 is 21.6 Å². The van der Waals surface area contributed by atoms with Crippen LogP contribution in [-0.2, 0) is 22.6 Å². The second-order valence-electron chi connectivity index (χ2n) is 7.18. The van der Waals surface area contributed by atoms with Gasteiger partial charge in [0.1, 0.15) is 5.03 Å². The van der Waals surface area contributed by atoms with Crippen molar-refractivity contribution in [3.8, 4) is 0 Å². The number of thioether (sulfide) groups is 1. The highest BCUT2D eigenvalue weighted by molar-refractivity contribution is 7.99. The number of hydrogen-bond donors (Lipinski definition) is 1. The van der Waals surface area contributed by atoms with Crippen LogP contribution in [0.5, 0.6) is 0 Å². The van der Waals surface area contributed by atoms with Crippen LogP contribution in [0.2, 0.25) is 5.02 Å². The van der Waals surface area contributed by atoms with E-state index in [4.69, 9.17) is 11.6 Å². The summed E-state index contributed by atoms with van der Waals surface area (Å²) in [6.45, 7) is 4.98.